The fraction of sp³-hybridized carbons (Fsp3) is 0. The second kappa shape index (κ2) is 4.51. The van der Waals surface area contributed by atoms with Crippen molar-refractivity contribution in [3.63, 3.8) is 0 Å². The van der Waals surface area contributed by atoms with Crippen molar-refractivity contribution in [2.45, 2.75) is 0 Å². The number of hydrogen-bond donors (Lipinski definition) is 2. The third kappa shape index (κ3) is 2.32. The summed E-state index contributed by atoms with van der Waals surface area (Å²) in [5.41, 5.74) is 0.720. The first-order chi connectivity index (χ1) is 7.66. The van der Waals surface area contributed by atoms with Crippen molar-refractivity contribution in [2.75, 3.05) is 5.32 Å². The van der Waals surface area contributed by atoms with Crippen molar-refractivity contribution in [2.24, 2.45) is 0 Å². The van der Waals surface area contributed by atoms with Gasteiger partial charge in [0, 0.05) is 5.38 Å². The number of nitrogens with one attached hydrogen (secondary N) is 1. The third-order valence-electron chi connectivity index (χ3n) is 1.84. The number of carboxylic acid groups (broad SMARTS) is 1. The molecule has 2 N–H and O–H groups in total. The lowest BCUT2D eigenvalue weighted by molar-refractivity contribution is 0.0691. The van der Waals surface area contributed by atoms with E-state index in [9.17, 15) is 4.79 Å². The number of carbonyl (C=O) groups is 1. The summed E-state index contributed by atoms with van der Waals surface area (Å²) in [7, 11) is 0. The summed E-state index contributed by atoms with van der Waals surface area (Å²) in [5, 5.41) is 15.8. The maximum atomic E-state index is 10.8. The van der Waals surface area contributed by atoms with Crippen molar-refractivity contribution >= 4 is 40.4 Å². The zero-order valence-electron chi connectivity index (χ0n) is 7.98. The molecule has 0 saturated heterocycles. The molecule has 2 aromatic rings. The summed E-state index contributed by atoms with van der Waals surface area (Å²) < 4.78 is 0. The third-order valence-corrected chi connectivity index (χ3v) is 2.83. The number of pyridine rings is 1. The molecule has 2 aromatic heterocycles. The highest BCUT2D eigenvalue weighted by atomic mass is 35.5. The van der Waals surface area contributed by atoms with Crippen LogP contribution < -0.4 is 5.32 Å². The fourth-order valence-electron chi connectivity index (χ4n) is 1.15. The zero-order chi connectivity index (χ0) is 11.5. The van der Waals surface area contributed by atoms with Crippen LogP contribution in [0.3, 0.4) is 0 Å². The maximum absolute atomic E-state index is 10.8. The van der Waals surface area contributed by atoms with Crippen LogP contribution in [0, 0.1) is 0 Å². The van der Waals surface area contributed by atoms with Crippen molar-refractivity contribution in [1.29, 1.82) is 0 Å². The first kappa shape index (κ1) is 10.9. The van der Waals surface area contributed by atoms with Gasteiger partial charge in [0.05, 0.1) is 10.7 Å². The van der Waals surface area contributed by atoms with Crippen molar-refractivity contribution < 1.29 is 9.90 Å². The average Bonchev–Trinajstić information content (AvgIpc) is 2.73. The summed E-state index contributed by atoms with van der Waals surface area (Å²) >= 11 is 7.24. The van der Waals surface area contributed by atoms with E-state index in [0.29, 0.717) is 5.82 Å². The molecule has 0 aliphatic rings. The van der Waals surface area contributed by atoms with Gasteiger partial charge in [-0.3, -0.25) is 0 Å². The molecule has 82 valence electrons. The SMILES string of the molecule is O=C(O)c1nc(Nc2ccsc2)ccc1Cl. The minimum Gasteiger partial charge on any atom is -0.476 e. The Labute approximate surface area is 101 Å². The topological polar surface area (TPSA) is 62.2 Å². The number of halogens is 1. The van der Waals surface area contributed by atoms with Crippen LogP contribution in [0.4, 0.5) is 11.5 Å². The molecule has 0 aliphatic heterocycles. The average molecular weight is 255 g/mol. The standard InChI is InChI=1S/C10H7ClN2O2S/c11-7-1-2-8(13-9(7)10(14)15)12-6-3-4-16-5-6/h1-5H,(H,12,13)(H,14,15). The molecule has 0 unspecified atom stereocenters. The molecule has 0 radical (unpaired) electrons. The smallest absolute Gasteiger partial charge is 0.356 e. The van der Waals surface area contributed by atoms with E-state index in [-0.39, 0.29) is 10.7 Å². The van der Waals surface area contributed by atoms with Crippen molar-refractivity contribution in [3.05, 3.63) is 39.7 Å². The number of thiophene rings is 1. The van der Waals surface area contributed by atoms with Gasteiger partial charge in [0.1, 0.15) is 5.82 Å². The Balaban J connectivity index is 2.29. The van der Waals surface area contributed by atoms with Crippen LogP contribution in [-0.2, 0) is 0 Å². The Hall–Kier alpha value is -1.59. The lowest BCUT2D eigenvalue weighted by atomic mass is 10.3. The molecular formula is C10H7ClN2O2S. The second-order valence-electron chi connectivity index (χ2n) is 2.97. The second-order valence-corrected chi connectivity index (χ2v) is 4.16. The normalized spacial score (nSPS) is 10.1. The van der Waals surface area contributed by atoms with Crippen LogP contribution in [0.5, 0.6) is 0 Å². The fourth-order valence-corrected chi connectivity index (χ4v) is 1.92. The van der Waals surface area contributed by atoms with Gasteiger partial charge in [0.25, 0.3) is 0 Å². The van der Waals surface area contributed by atoms with Crippen molar-refractivity contribution in [3.8, 4) is 0 Å². The monoisotopic (exact) mass is 254 g/mol. The van der Waals surface area contributed by atoms with Gasteiger partial charge in [0.15, 0.2) is 5.69 Å². The molecular weight excluding hydrogens is 248 g/mol. The minimum atomic E-state index is -1.14. The molecule has 0 saturated carbocycles. The number of rotatable bonds is 3. The quantitative estimate of drug-likeness (QED) is 0.883. The van der Waals surface area contributed by atoms with Gasteiger partial charge in [-0.2, -0.15) is 11.3 Å². The molecule has 2 heterocycles. The number of carboxylic acids is 1. The van der Waals surface area contributed by atoms with E-state index in [1.165, 1.54) is 17.4 Å². The molecule has 0 spiro atoms. The number of anilines is 2. The summed E-state index contributed by atoms with van der Waals surface area (Å²) in [6, 6.07) is 5.01. The Bertz CT molecular complexity index is 514. The Kier molecular flexibility index (Phi) is 3.07. The number of aromatic nitrogens is 1. The predicted molar refractivity (Wildman–Crippen MR) is 63.8 cm³/mol. The summed E-state index contributed by atoms with van der Waals surface area (Å²) in [6.45, 7) is 0. The Morgan fingerprint density at radius 3 is 2.88 bits per heavy atom. The highest BCUT2D eigenvalue weighted by Gasteiger charge is 2.11. The first-order valence-corrected chi connectivity index (χ1v) is 5.68. The van der Waals surface area contributed by atoms with Crippen LogP contribution in [0.1, 0.15) is 10.5 Å². The molecule has 0 aliphatic carbocycles. The van der Waals surface area contributed by atoms with Gasteiger partial charge >= 0.3 is 5.97 Å². The number of hydrogen-bond acceptors (Lipinski definition) is 4. The number of nitrogens with zero attached hydrogens (tertiary/aromatic N) is 1. The summed E-state index contributed by atoms with van der Waals surface area (Å²) in [4.78, 5) is 14.7. The van der Waals surface area contributed by atoms with Crippen LogP contribution in [-0.4, -0.2) is 16.1 Å². The van der Waals surface area contributed by atoms with Crippen LogP contribution in [0.15, 0.2) is 29.0 Å². The van der Waals surface area contributed by atoms with E-state index in [0.717, 1.165) is 5.69 Å². The zero-order valence-corrected chi connectivity index (χ0v) is 9.55. The lowest BCUT2D eigenvalue weighted by Gasteiger charge is -2.04. The summed E-state index contributed by atoms with van der Waals surface area (Å²) in [5.74, 6) is -0.681. The highest BCUT2D eigenvalue weighted by molar-refractivity contribution is 7.08. The van der Waals surface area contributed by atoms with Crippen molar-refractivity contribution in [1.82, 2.24) is 4.98 Å². The minimum absolute atomic E-state index is 0.128. The number of aromatic carboxylic acids is 1. The van der Waals surface area contributed by atoms with E-state index in [4.69, 9.17) is 16.7 Å². The van der Waals surface area contributed by atoms with E-state index in [1.54, 1.807) is 6.07 Å². The van der Waals surface area contributed by atoms with Crippen LogP contribution in [0.25, 0.3) is 0 Å². The van der Waals surface area contributed by atoms with Crippen LogP contribution >= 0.6 is 22.9 Å². The van der Waals surface area contributed by atoms with Gasteiger partial charge in [0.2, 0.25) is 0 Å². The van der Waals surface area contributed by atoms with Gasteiger partial charge < -0.3 is 10.4 Å². The van der Waals surface area contributed by atoms with E-state index >= 15 is 0 Å². The molecule has 2 rings (SSSR count). The van der Waals surface area contributed by atoms with Gasteiger partial charge in [-0.15, -0.1) is 0 Å². The molecule has 0 aromatic carbocycles. The lowest BCUT2D eigenvalue weighted by Crippen LogP contribution is -2.03. The molecule has 4 nitrogen and oxygen atoms in total. The first-order valence-electron chi connectivity index (χ1n) is 4.36. The molecule has 0 fully saturated rings. The van der Waals surface area contributed by atoms with E-state index < -0.39 is 5.97 Å². The Morgan fingerprint density at radius 1 is 1.44 bits per heavy atom. The molecule has 6 heteroatoms. The van der Waals surface area contributed by atoms with Crippen LogP contribution in [0.2, 0.25) is 5.02 Å². The predicted octanol–water partition coefficient (Wildman–Crippen LogP) is 3.24. The molecule has 0 bridgehead atoms. The molecule has 16 heavy (non-hydrogen) atoms. The van der Waals surface area contributed by atoms with Gasteiger partial charge in [-0.25, -0.2) is 9.78 Å². The van der Waals surface area contributed by atoms with Gasteiger partial charge in [-0.1, -0.05) is 11.6 Å². The molecule has 0 amide bonds. The highest BCUT2D eigenvalue weighted by Crippen LogP contribution is 2.21. The molecule has 0 atom stereocenters. The van der Waals surface area contributed by atoms with E-state index in [2.05, 4.69) is 10.3 Å². The Morgan fingerprint density at radius 2 is 2.25 bits per heavy atom. The van der Waals surface area contributed by atoms with E-state index in [1.807, 2.05) is 16.8 Å². The summed E-state index contributed by atoms with van der Waals surface area (Å²) in [6.07, 6.45) is 0. The largest absolute Gasteiger partial charge is 0.476 e. The maximum Gasteiger partial charge on any atom is 0.356 e. The van der Waals surface area contributed by atoms with Gasteiger partial charge in [-0.05, 0) is 23.6 Å².